The van der Waals surface area contributed by atoms with E-state index < -0.39 is 11.9 Å². The zero-order valence-corrected chi connectivity index (χ0v) is 10.3. The minimum absolute atomic E-state index is 0.0597. The molecule has 16 heavy (non-hydrogen) atoms. The molecule has 0 amide bonds. The summed E-state index contributed by atoms with van der Waals surface area (Å²) in [6, 6.07) is 0. The van der Waals surface area contributed by atoms with Gasteiger partial charge < -0.3 is 4.74 Å². The van der Waals surface area contributed by atoms with E-state index in [1.807, 2.05) is 0 Å². The van der Waals surface area contributed by atoms with Crippen molar-refractivity contribution >= 4 is 11.8 Å². The Kier molecular flexibility index (Phi) is 7.28. The summed E-state index contributed by atoms with van der Waals surface area (Å²) in [5.74, 6) is 1.22. The van der Waals surface area contributed by atoms with Crippen LogP contribution in [0.25, 0.3) is 0 Å². The second kappa shape index (κ2) is 7.92. The standard InChI is InChI=1S/C13H20O3/c1-5-7-8-9-11(12(14)10(3)4)13(15)16-6-2/h1,10-11H,6-9H2,2-4H3. The van der Waals surface area contributed by atoms with Crippen molar-refractivity contribution in [1.29, 1.82) is 0 Å². The molecule has 0 saturated carbocycles. The van der Waals surface area contributed by atoms with Crippen LogP contribution in [-0.2, 0) is 14.3 Å². The first kappa shape index (κ1) is 14.7. The van der Waals surface area contributed by atoms with E-state index in [0.717, 1.165) is 0 Å². The Balaban J connectivity index is 4.45. The van der Waals surface area contributed by atoms with Crippen molar-refractivity contribution in [3.63, 3.8) is 0 Å². The third-order valence-electron chi connectivity index (χ3n) is 2.30. The van der Waals surface area contributed by atoms with Gasteiger partial charge in [0.2, 0.25) is 0 Å². The van der Waals surface area contributed by atoms with Crippen molar-refractivity contribution in [2.75, 3.05) is 6.61 Å². The fourth-order valence-corrected chi connectivity index (χ4v) is 1.43. The van der Waals surface area contributed by atoms with Crippen molar-refractivity contribution in [3.05, 3.63) is 0 Å². The first-order valence-electron chi connectivity index (χ1n) is 5.68. The molecule has 3 heteroatoms. The molecule has 0 aromatic heterocycles. The number of hydrogen-bond acceptors (Lipinski definition) is 3. The van der Waals surface area contributed by atoms with Gasteiger partial charge >= 0.3 is 5.97 Å². The van der Waals surface area contributed by atoms with Crippen molar-refractivity contribution in [1.82, 2.24) is 0 Å². The molecule has 0 aliphatic rings. The van der Waals surface area contributed by atoms with Crippen LogP contribution >= 0.6 is 0 Å². The highest BCUT2D eigenvalue weighted by atomic mass is 16.5. The number of carbonyl (C=O) groups excluding carboxylic acids is 2. The predicted molar refractivity (Wildman–Crippen MR) is 62.7 cm³/mol. The second-order valence-electron chi connectivity index (χ2n) is 3.96. The average molecular weight is 224 g/mol. The fourth-order valence-electron chi connectivity index (χ4n) is 1.43. The van der Waals surface area contributed by atoms with E-state index in [1.54, 1.807) is 20.8 Å². The molecule has 1 unspecified atom stereocenters. The number of Topliss-reactive ketones (excluding diaryl/α,β-unsaturated/α-hetero) is 1. The van der Waals surface area contributed by atoms with E-state index in [2.05, 4.69) is 5.92 Å². The molecule has 0 radical (unpaired) electrons. The number of unbranched alkanes of at least 4 members (excludes halogenated alkanes) is 1. The zero-order chi connectivity index (χ0) is 12.6. The average Bonchev–Trinajstić information content (AvgIpc) is 2.23. The van der Waals surface area contributed by atoms with Crippen molar-refractivity contribution in [2.45, 2.75) is 40.0 Å². The van der Waals surface area contributed by atoms with Crippen LogP contribution in [0.15, 0.2) is 0 Å². The van der Waals surface area contributed by atoms with Crippen molar-refractivity contribution in [3.8, 4) is 12.3 Å². The molecule has 0 fully saturated rings. The van der Waals surface area contributed by atoms with Gasteiger partial charge in [0.05, 0.1) is 6.61 Å². The van der Waals surface area contributed by atoms with E-state index in [1.165, 1.54) is 0 Å². The quantitative estimate of drug-likeness (QED) is 0.288. The Hall–Kier alpha value is -1.30. The van der Waals surface area contributed by atoms with Gasteiger partial charge in [0.1, 0.15) is 11.7 Å². The van der Waals surface area contributed by atoms with Gasteiger partial charge in [-0.15, -0.1) is 12.3 Å². The number of carbonyl (C=O) groups is 2. The first-order chi connectivity index (χ1) is 7.54. The van der Waals surface area contributed by atoms with Gasteiger partial charge in [-0.05, 0) is 19.8 Å². The van der Waals surface area contributed by atoms with Crippen LogP contribution < -0.4 is 0 Å². The first-order valence-corrected chi connectivity index (χ1v) is 5.68. The van der Waals surface area contributed by atoms with Crippen LogP contribution in [0.4, 0.5) is 0 Å². The summed E-state index contributed by atoms with van der Waals surface area (Å²) in [6.45, 7) is 5.61. The molecule has 0 aliphatic carbocycles. The largest absolute Gasteiger partial charge is 0.465 e. The Morgan fingerprint density at radius 3 is 2.44 bits per heavy atom. The normalized spacial score (nSPS) is 11.9. The van der Waals surface area contributed by atoms with Crippen LogP contribution in [0.3, 0.4) is 0 Å². The smallest absolute Gasteiger partial charge is 0.316 e. The molecule has 0 aliphatic heterocycles. The van der Waals surface area contributed by atoms with Crippen LogP contribution in [-0.4, -0.2) is 18.4 Å². The van der Waals surface area contributed by atoms with E-state index in [4.69, 9.17) is 11.2 Å². The molecule has 3 nitrogen and oxygen atoms in total. The highest BCUT2D eigenvalue weighted by molar-refractivity contribution is 5.99. The number of esters is 1. The molecule has 0 rings (SSSR count). The van der Waals surface area contributed by atoms with Crippen LogP contribution in [0.2, 0.25) is 0 Å². The number of terminal acetylenes is 1. The highest BCUT2D eigenvalue weighted by Gasteiger charge is 2.28. The topological polar surface area (TPSA) is 43.4 Å². The van der Waals surface area contributed by atoms with E-state index >= 15 is 0 Å². The highest BCUT2D eigenvalue weighted by Crippen LogP contribution is 2.16. The lowest BCUT2D eigenvalue weighted by Gasteiger charge is -2.15. The Morgan fingerprint density at radius 2 is 2.00 bits per heavy atom. The zero-order valence-electron chi connectivity index (χ0n) is 10.3. The van der Waals surface area contributed by atoms with E-state index in [-0.39, 0.29) is 11.7 Å². The minimum atomic E-state index is -0.645. The molecule has 0 heterocycles. The number of ketones is 1. The van der Waals surface area contributed by atoms with Gasteiger partial charge in [-0.3, -0.25) is 9.59 Å². The summed E-state index contributed by atoms with van der Waals surface area (Å²) in [5, 5.41) is 0. The lowest BCUT2D eigenvalue weighted by atomic mass is 9.91. The Morgan fingerprint density at radius 1 is 1.38 bits per heavy atom. The van der Waals surface area contributed by atoms with Gasteiger partial charge in [-0.25, -0.2) is 0 Å². The maximum Gasteiger partial charge on any atom is 0.316 e. The molecule has 0 aromatic carbocycles. The molecule has 90 valence electrons. The predicted octanol–water partition coefficient (Wildman–Crippen LogP) is 2.19. The summed E-state index contributed by atoms with van der Waals surface area (Å²) >= 11 is 0. The van der Waals surface area contributed by atoms with Gasteiger partial charge in [0, 0.05) is 12.3 Å². The van der Waals surface area contributed by atoms with Gasteiger partial charge in [0.25, 0.3) is 0 Å². The van der Waals surface area contributed by atoms with Crippen molar-refractivity contribution < 1.29 is 14.3 Å². The molecule has 0 bridgehead atoms. The van der Waals surface area contributed by atoms with Crippen LogP contribution in [0.5, 0.6) is 0 Å². The minimum Gasteiger partial charge on any atom is -0.465 e. The van der Waals surface area contributed by atoms with E-state index in [9.17, 15) is 9.59 Å². The van der Waals surface area contributed by atoms with Gasteiger partial charge in [-0.2, -0.15) is 0 Å². The summed E-state index contributed by atoms with van der Waals surface area (Å²) in [6.07, 6.45) is 6.88. The summed E-state index contributed by atoms with van der Waals surface area (Å²) in [4.78, 5) is 23.4. The fraction of sp³-hybridized carbons (Fsp3) is 0.692. The Bertz CT molecular complexity index is 273. The summed E-state index contributed by atoms with van der Waals surface area (Å²) in [5.41, 5.74) is 0. The lowest BCUT2D eigenvalue weighted by Crippen LogP contribution is -2.29. The molecule has 0 spiro atoms. The summed E-state index contributed by atoms with van der Waals surface area (Å²) in [7, 11) is 0. The SMILES string of the molecule is C#CCCCC(C(=O)OCC)C(=O)C(C)C. The maximum absolute atomic E-state index is 11.8. The molecule has 0 N–H and O–H groups in total. The number of rotatable bonds is 7. The van der Waals surface area contributed by atoms with Crippen LogP contribution in [0.1, 0.15) is 40.0 Å². The monoisotopic (exact) mass is 224 g/mol. The third-order valence-corrected chi connectivity index (χ3v) is 2.30. The molecular formula is C13H20O3. The van der Waals surface area contributed by atoms with Gasteiger partial charge in [0.15, 0.2) is 0 Å². The second-order valence-corrected chi connectivity index (χ2v) is 3.96. The number of ether oxygens (including phenoxy) is 1. The summed E-state index contributed by atoms with van der Waals surface area (Å²) < 4.78 is 4.89. The number of hydrogen-bond donors (Lipinski definition) is 0. The van der Waals surface area contributed by atoms with E-state index in [0.29, 0.717) is 25.9 Å². The Labute approximate surface area is 97.6 Å². The molecule has 0 aromatic rings. The van der Waals surface area contributed by atoms with Crippen molar-refractivity contribution in [2.24, 2.45) is 11.8 Å². The maximum atomic E-state index is 11.8. The van der Waals surface area contributed by atoms with Gasteiger partial charge in [-0.1, -0.05) is 13.8 Å². The molecule has 1 atom stereocenters. The molecule has 0 saturated heterocycles. The lowest BCUT2D eigenvalue weighted by molar-refractivity contribution is -0.152. The third kappa shape index (κ3) is 4.97. The van der Waals surface area contributed by atoms with Crippen LogP contribution in [0, 0.1) is 24.2 Å². The molecular weight excluding hydrogens is 204 g/mol.